The van der Waals surface area contributed by atoms with Gasteiger partial charge in [-0.25, -0.2) is 0 Å². The van der Waals surface area contributed by atoms with Gasteiger partial charge in [-0.15, -0.1) is 10.2 Å². The minimum absolute atomic E-state index is 0.143. The maximum Gasteiger partial charge on any atom is 0.311 e. The highest BCUT2D eigenvalue weighted by Crippen LogP contribution is 2.37. The molecule has 0 bridgehead atoms. The van der Waals surface area contributed by atoms with Gasteiger partial charge in [0.25, 0.3) is 0 Å². The van der Waals surface area contributed by atoms with E-state index >= 15 is 0 Å². The second-order valence-corrected chi connectivity index (χ2v) is 6.57. The maximum absolute atomic E-state index is 12.2. The van der Waals surface area contributed by atoms with Gasteiger partial charge in [-0.05, 0) is 37.5 Å². The van der Waals surface area contributed by atoms with Crippen molar-refractivity contribution in [3.8, 4) is 0 Å². The van der Waals surface area contributed by atoms with Crippen molar-refractivity contribution in [2.24, 2.45) is 0 Å². The molecule has 0 atom stereocenters. The first kappa shape index (κ1) is 17.4. The van der Waals surface area contributed by atoms with Crippen LogP contribution in [-0.4, -0.2) is 31.7 Å². The summed E-state index contributed by atoms with van der Waals surface area (Å²) in [6.45, 7) is 1.85. The summed E-state index contributed by atoms with van der Waals surface area (Å²) in [4.78, 5) is 23.2. The van der Waals surface area contributed by atoms with Crippen LogP contribution in [-0.2, 0) is 22.4 Å². The Bertz CT molecular complexity index is 814. The number of anilines is 1. The van der Waals surface area contributed by atoms with Crippen LogP contribution >= 0.6 is 11.6 Å². The number of carbonyl (C=O) groups is 2. The van der Waals surface area contributed by atoms with Crippen molar-refractivity contribution in [2.45, 2.75) is 45.1 Å². The third-order valence-electron chi connectivity index (χ3n) is 4.18. The number of aromatic nitrogens is 3. The first-order chi connectivity index (χ1) is 12.0. The van der Waals surface area contributed by atoms with Crippen LogP contribution in [0.3, 0.4) is 0 Å². The summed E-state index contributed by atoms with van der Waals surface area (Å²) < 4.78 is 1.88. The second kappa shape index (κ2) is 7.23. The molecule has 2 aromatic rings. The van der Waals surface area contributed by atoms with Gasteiger partial charge < -0.3 is 15.0 Å². The van der Waals surface area contributed by atoms with Crippen molar-refractivity contribution >= 4 is 29.2 Å². The number of benzene rings is 1. The molecule has 1 saturated carbocycles. The normalized spacial score (nSPS) is 13.7. The van der Waals surface area contributed by atoms with Crippen molar-refractivity contribution in [2.75, 3.05) is 5.32 Å². The molecule has 3 rings (SSSR count). The first-order valence-corrected chi connectivity index (χ1v) is 8.53. The highest BCUT2D eigenvalue weighted by Gasteiger charge is 2.30. The Balaban J connectivity index is 1.65. The number of carbonyl (C=O) groups excluding carboxylic acids is 1. The van der Waals surface area contributed by atoms with Crippen molar-refractivity contribution in [1.82, 2.24) is 14.8 Å². The van der Waals surface area contributed by atoms with Crippen LogP contribution in [0, 0.1) is 6.92 Å². The molecule has 1 aliphatic carbocycles. The highest BCUT2D eigenvalue weighted by atomic mass is 35.5. The summed E-state index contributed by atoms with van der Waals surface area (Å²) in [6.07, 6.45) is 2.48. The molecule has 7 nitrogen and oxygen atoms in total. The molecule has 1 aromatic heterocycles. The first-order valence-electron chi connectivity index (χ1n) is 8.15. The number of rotatable bonds is 7. The molecule has 1 aliphatic rings. The van der Waals surface area contributed by atoms with Gasteiger partial charge in [0.05, 0.1) is 0 Å². The Kier molecular flexibility index (Phi) is 5.03. The van der Waals surface area contributed by atoms with Crippen LogP contribution in [0.2, 0.25) is 5.02 Å². The van der Waals surface area contributed by atoms with E-state index in [9.17, 15) is 9.59 Å². The van der Waals surface area contributed by atoms with Crippen LogP contribution in [0.1, 0.15) is 42.5 Å². The third kappa shape index (κ3) is 4.17. The van der Waals surface area contributed by atoms with Gasteiger partial charge in [-0.2, -0.15) is 0 Å². The van der Waals surface area contributed by atoms with Gasteiger partial charge in [-0.3, -0.25) is 9.59 Å². The molecule has 1 heterocycles. The second-order valence-electron chi connectivity index (χ2n) is 6.16. The lowest BCUT2D eigenvalue weighted by Crippen LogP contribution is -2.15. The van der Waals surface area contributed by atoms with E-state index in [0.29, 0.717) is 28.8 Å². The van der Waals surface area contributed by atoms with E-state index in [1.807, 2.05) is 11.5 Å². The SMILES string of the molecule is Cc1c(Cl)cccc1NC(=O)CCc1nnc(CC(=O)O)n1C1CC1. The molecule has 1 fully saturated rings. The molecule has 25 heavy (non-hydrogen) atoms. The number of nitrogens with one attached hydrogen (secondary N) is 1. The van der Waals surface area contributed by atoms with Crippen molar-refractivity contribution in [3.63, 3.8) is 0 Å². The highest BCUT2D eigenvalue weighted by molar-refractivity contribution is 6.31. The number of aliphatic carboxylic acids is 1. The smallest absolute Gasteiger partial charge is 0.311 e. The molecule has 0 aliphatic heterocycles. The summed E-state index contributed by atoms with van der Waals surface area (Å²) in [5.74, 6) is 0.0401. The molecular weight excluding hydrogens is 344 g/mol. The number of hydrogen-bond acceptors (Lipinski definition) is 4. The third-order valence-corrected chi connectivity index (χ3v) is 4.59. The van der Waals surface area contributed by atoms with Crippen molar-refractivity contribution in [1.29, 1.82) is 0 Å². The zero-order valence-corrected chi connectivity index (χ0v) is 14.6. The van der Waals surface area contributed by atoms with Gasteiger partial charge in [0.1, 0.15) is 18.1 Å². The Morgan fingerprint density at radius 1 is 1.32 bits per heavy atom. The van der Waals surface area contributed by atoms with E-state index in [4.69, 9.17) is 16.7 Å². The molecule has 1 amide bonds. The lowest BCUT2D eigenvalue weighted by molar-refractivity contribution is -0.136. The van der Waals surface area contributed by atoms with Gasteiger partial charge in [0.15, 0.2) is 0 Å². The molecule has 1 aromatic carbocycles. The summed E-state index contributed by atoms with van der Waals surface area (Å²) >= 11 is 6.06. The topological polar surface area (TPSA) is 97.1 Å². The summed E-state index contributed by atoms with van der Waals surface area (Å²) in [7, 11) is 0. The Morgan fingerprint density at radius 3 is 2.72 bits per heavy atom. The fraction of sp³-hybridized carbons (Fsp3) is 0.412. The van der Waals surface area contributed by atoms with Crippen molar-refractivity contribution in [3.05, 3.63) is 40.4 Å². The Morgan fingerprint density at radius 2 is 2.04 bits per heavy atom. The van der Waals surface area contributed by atoms with Crippen LogP contribution < -0.4 is 5.32 Å². The quantitative estimate of drug-likeness (QED) is 0.789. The van der Waals surface area contributed by atoms with Gasteiger partial charge >= 0.3 is 5.97 Å². The molecule has 0 unspecified atom stereocenters. The monoisotopic (exact) mass is 362 g/mol. The molecular formula is C17H19ClN4O3. The molecule has 0 spiro atoms. The number of carboxylic acids is 1. The fourth-order valence-corrected chi connectivity index (χ4v) is 2.90. The number of carboxylic acid groups (broad SMARTS) is 1. The lowest BCUT2D eigenvalue weighted by atomic mass is 10.2. The predicted molar refractivity (Wildman–Crippen MR) is 92.8 cm³/mol. The summed E-state index contributed by atoms with van der Waals surface area (Å²) in [5.41, 5.74) is 1.51. The van der Waals surface area contributed by atoms with Gasteiger partial charge in [0, 0.05) is 29.6 Å². The van der Waals surface area contributed by atoms with Crippen LogP contribution in [0.25, 0.3) is 0 Å². The standard InChI is InChI=1S/C17H19ClN4O3/c1-10-12(18)3-2-4-13(10)19-16(23)8-7-14-20-21-15(9-17(24)25)22(14)11-5-6-11/h2-4,11H,5-9H2,1H3,(H,19,23)(H,24,25). The van der Waals surface area contributed by atoms with Crippen LogP contribution in [0.5, 0.6) is 0 Å². The maximum atomic E-state index is 12.2. The number of halogens is 1. The predicted octanol–water partition coefficient (Wildman–Crippen LogP) is 2.77. The van der Waals surface area contributed by atoms with E-state index in [1.165, 1.54) is 0 Å². The number of nitrogens with zero attached hydrogens (tertiary/aromatic N) is 3. The molecule has 2 N–H and O–H groups in total. The fourth-order valence-electron chi connectivity index (χ4n) is 2.72. The molecule has 0 radical (unpaired) electrons. The van der Waals surface area contributed by atoms with E-state index in [2.05, 4.69) is 15.5 Å². The zero-order chi connectivity index (χ0) is 18.0. The van der Waals surface area contributed by atoms with Gasteiger partial charge in [-0.1, -0.05) is 17.7 Å². The number of amides is 1. The van der Waals surface area contributed by atoms with E-state index in [0.717, 1.165) is 18.4 Å². The van der Waals surface area contributed by atoms with E-state index < -0.39 is 5.97 Å². The lowest BCUT2D eigenvalue weighted by Gasteiger charge is -2.10. The summed E-state index contributed by atoms with van der Waals surface area (Å²) in [6, 6.07) is 5.62. The van der Waals surface area contributed by atoms with Crippen LogP contribution in [0.15, 0.2) is 18.2 Å². The minimum atomic E-state index is -0.935. The average molecular weight is 363 g/mol. The largest absolute Gasteiger partial charge is 0.481 e. The average Bonchev–Trinajstić information content (AvgIpc) is 3.31. The summed E-state index contributed by atoms with van der Waals surface area (Å²) in [5, 5.41) is 20.5. The molecule has 132 valence electrons. The Labute approximate surface area is 150 Å². The van der Waals surface area contributed by atoms with E-state index in [-0.39, 0.29) is 24.8 Å². The minimum Gasteiger partial charge on any atom is -0.481 e. The van der Waals surface area contributed by atoms with Crippen LogP contribution in [0.4, 0.5) is 5.69 Å². The van der Waals surface area contributed by atoms with Crippen molar-refractivity contribution < 1.29 is 14.7 Å². The zero-order valence-electron chi connectivity index (χ0n) is 13.8. The number of hydrogen-bond donors (Lipinski definition) is 2. The van der Waals surface area contributed by atoms with Gasteiger partial charge in [0.2, 0.25) is 5.91 Å². The number of aryl methyl sites for hydroxylation is 1. The molecule has 8 heteroatoms. The van der Waals surface area contributed by atoms with E-state index in [1.54, 1.807) is 18.2 Å². The Hall–Kier alpha value is -2.41. The molecule has 0 saturated heterocycles.